The van der Waals surface area contributed by atoms with Gasteiger partial charge in [-0.15, -0.1) is 11.3 Å². The number of nitrogens with zero attached hydrogens (tertiary/aromatic N) is 1. The lowest BCUT2D eigenvalue weighted by atomic mass is 10.1. The second-order valence-corrected chi connectivity index (χ2v) is 8.09. The third-order valence-electron chi connectivity index (χ3n) is 2.27. The van der Waals surface area contributed by atoms with Gasteiger partial charge in [0.2, 0.25) is 6.42 Å². The van der Waals surface area contributed by atoms with E-state index in [0.29, 0.717) is 4.75 Å². The zero-order valence-corrected chi connectivity index (χ0v) is 11.9. The van der Waals surface area contributed by atoms with Crippen molar-refractivity contribution in [1.82, 2.24) is 4.98 Å². The molecule has 0 fully saturated rings. The Morgan fingerprint density at radius 2 is 2.24 bits per heavy atom. The number of aryl methyl sites for hydroxylation is 1. The number of rotatable bonds is 4. The molecule has 1 heterocycles. The van der Waals surface area contributed by atoms with Gasteiger partial charge >= 0.3 is 0 Å². The van der Waals surface area contributed by atoms with Gasteiger partial charge in [0.25, 0.3) is 0 Å². The summed E-state index contributed by atoms with van der Waals surface area (Å²) in [4.78, 5) is 4.15. The van der Waals surface area contributed by atoms with Crippen LogP contribution in [-0.2, 0) is 18.2 Å². The zero-order chi connectivity index (χ0) is 12.3. The summed E-state index contributed by atoms with van der Waals surface area (Å²) in [5.74, 6) is 0.774. The first-order valence-corrected chi connectivity index (χ1v) is 8.86. The molecule has 0 aliphatic carbocycles. The summed E-state index contributed by atoms with van der Waals surface area (Å²) < 4.78 is 6.53. The smallest absolute Gasteiger partial charge is 0.233 e. The van der Waals surface area contributed by atoms with Crippen LogP contribution in [0.5, 0.6) is 5.75 Å². The molecule has 0 amide bonds. The van der Waals surface area contributed by atoms with E-state index in [1.807, 2.05) is 29.6 Å². The van der Waals surface area contributed by atoms with Crippen LogP contribution < -0.4 is 14.8 Å². The summed E-state index contributed by atoms with van der Waals surface area (Å²) in [6.45, 7) is 2.08. The molecule has 2 N–H and O–H groups in total. The van der Waals surface area contributed by atoms with Crippen LogP contribution >= 0.6 is 17.8 Å². The summed E-state index contributed by atoms with van der Waals surface area (Å²) in [5, 5.41) is 1.86. The van der Waals surface area contributed by atoms with Crippen molar-refractivity contribution in [1.29, 1.82) is 0 Å². The molecule has 0 bridgehead atoms. The van der Waals surface area contributed by atoms with E-state index in [-0.39, 0.29) is 0 Å². The fourth-order valence-electron chi connectivity index (χ4n) is 1.44. The van der Waals surface area contributed by atoms with Crippen molar-refractivity contribution in [3.8, 4) is 5.75 Å². The molecule has 2 rings (SSSR count). The topological polar surface area (TPSA) is 48.1 Å². The predicted molar refractivity (Wildman–Crippen MR) is 76.7 cm³/mol. The van der Waals surface area contributed by atoms with E-state index < -0.39 is 6.42 Å². The van der Waals surface area contributed by atoms with Crippen molar-refractivity contribution in [2.24, 2.45) is 5.50 Å². The molecule has 90 valence electrons. The Balaban J connectivity index is 2.29. The number of para-hydroxylation sites is 1. The van der Waals surface area contributed by atoms with E-state index >= 15 is 0 Å². The van der Waals surface area contributed by atoms with Crippen LogP contribution in [0.1, 0.15) is 12.5 Å². The van der Waals surface area contributed by atoms with Gasteiger partial charge in [-0.3, -0.25) is 5.50 Å². The lowest BCUT2D eigenvalue weighted by Crippen LogP contribution is -2.15. The third-order valence-corrected chi connectivity index (χ3v) is 6.18. The van der Waals surface area contributed by atoms with Crippen molar-refractivity contribution in [2.45, 2.75) is 13.3 Å². The van der Waals surface area contributed by atoms with Gasteiger partial charge in [0.05, 0.1) is 0 Å². The van der Waals surface area contributed by atoms with E-state index in [1.54, 1.807) is 6.20 Å². The third kappa shape index (κ3) is 2.93. The molecule has 17 heavy (non-hydrogen) atoms. The van der Waals surface area contributed by atoms with Crippen LogP contribution in [-0.4, -0.2) is 4.98 Å². The van der Waals surface area contributed by atoms with Crippen LogP contribution in [0.3, 0.4) is 0 Å². The Morgan fingerprint density at radius 1 is 1.47 bits per heavy atom. The number of hydrogen-bond donors (Lipinski definition) is 1. The van der Waals surface area contributed by atoms with Gasteiger partial charge in [-0.25, -0.2) is 4.98 Å². The van der Waals surface area contributed by atoms with Crippen molar-refractivity contribution in [3.63, 3.8) is 0 Å². The monoisotopic (exact) mass is 284 g/mol. The van der Waals surface area contributed by atoms with E-state index in [9.17, 15) is 0 Å². The number of hydrogen-bond acceptors (Lipinski definition) is 4. The average molecular weight is 284 g/mol. The summed E-state index contributed by atoms with van der Waals surface area (Å²) in [6, 6.07) is 7.83. The lowest BCUT2D eigenvalue weighted by Gasteiger charge is -2.17. The van der Waals surface area contributed by atoms with Crippen LogP contribution in [0.4, 0.5) is 0 Å². The number of nitrogens with two attached hydrogens (primary N) is 1. The largest absolute Gasteiger partial charge is 0.447 e. The minimum Gasteiger partial charge on any atom is -0.447 e. The molecule has 0 radical (unpaired) electrons. The maximum absolute atomic E-state index is 6.09. The molecule has 1 atom stereocenters. The highest BCUT2D eigenvalue weighted by Gasteiger charge is 2.20. The van der Waals surface area contributed by atoms with Crippen molar-refractivity contribution < 1.29 is 4.52 Å². The number of aromatic nitrogens is 1. The van der Waals surface area contributed by atoms with Crippen LogP contribution in [0.15, 0.2) is 35.8 Å². The summed E-state index contributed by atoms with van der Waals surface area (Å²) >= 11 is 6.81. The minimum atomic E-state index is -2.52. The Hall–Kier alpha value is -0.740. The molecule has 0 aliphatic rings. The highest BCUT2D eigenvalue weighted by atomic mass is 32.5. The maximum Gasteiger partial charge on any atom is 0.233 e. The van der Waals surface area contributed by atoms with Crippen LogP contribution in [0.2, 0.25) is 0 Å². The molecular formula is C11H13N2OPS2. The average Bonchev–Trinajstić information content (AvgIpc) is 2.83. The SMILES string of the molecule is CCc1ccccc1OP(N)(=S)c1nccs1. The van der Waals surface area contributed by atoms with Gasteiger partial charge in [-0.05, 0) is 29.9 Å². The molecule has 1 aromatic carbocycles. The standard InChI is InChI=1S/C11H13N2OPS2/c1-2-9-5-3-4-6-10(9)14-15(12,16)11-13-7-8-17-11/h3-8H,2H2,1H3,(H2,12,16). The Kier molecular flexibility index (Phi) is 3.94. The van der Waals surface area contributed by atoms with Gasteiger partial charge in [0.1, 0.15) is 5.75 Å². The Morgan fingerprint density at radius 3 is 2.88 bits per heavy atom. The molecule has 0 spiro atoms. The lowest BCUT2D eigenvalue weighted by molar-refractivity contribution is 0.610. The zero-order valence-electron chi connectivity index (χ0n) is 9.37. The maximum atomic E-state index is 6.09. The second-order valence-electron chi connectivity index (χ2n) is 3.46. The second kappa shape index (κ2) is 5.27. The van der Waals surface area contributed by atoms with Crippen molar-refractivity contribution in [2.75, 3.05) is 0 Å². The molecule has 1 unspecified atom stereocenters. The van der Waals surface area contributed by atoms with Gasteiger partial charge in [0, 0.05) is 11.6 Å². The minimum absolute atomic E-state index is 0.707. The van der Waals surface area contributed by atoms with Gasteiger partial charge in [-0.1, -0.05) is 25.1 Å². The van der Waals surface area contributed by atoms with Crippen molar-refractivity contribution >= 4 is 34.3 Å². The quantitative estimate of drug-likeness (QED) is 0.877. The highest BCUT2D eigenvalue weighted by Crippen LogP contribution is 2.40. The summed E-state index contributed by atoms with van der Waals surface area (Å²) in [7, 11) is 0. The van der Waals surface area contributed by atoms with E-state index in [2.05, 4.69) is 11.9 Å². The molecule has 2 aromatic rings. The molecule has 0 saturated heterocycles. The normalized spacial score (nSPS) is 14.2. The first-order chi connectivity index (χ1) is 8.13. The van der Waals surface area contributed by atoms with Gasteiger partial charge < -0.3 is 4.52 Å². The van der Waals surface area contributed by atoms with Crippen LogP contribution in [0.25, 0.3) is 0 Å². The van der Waals surface area contributed by atoms with E-state index in [4.69, 9.17) is 21.8 Å². The first kappa shape index (κ1) is 12.7. The first-order valence-electron chi connectivity index (χ1n) is 5.19. The van der Waals surface area contributed by atoms with E-state index in [1.165, 1.54) is 11.3 Å². The molecule has 0 saturated carbocycles. The summed E-state index contributed by atoms with van der Waals surface area (Å²) in [5.41, 5.74) is 7.20. The Bertz CT molecular complexity index is 542. The van der Waals surface area contributed by atoms with Gasteiger partial charge in [-0.2, -0.15) is 0 Å². The molecule has 0 aliphatic heterocycles. The molecule has 1 aromatic heterocycles. The fraction of sp³-hybridized carbons (Fsp3) is 0.182. The molecule has 3 nitrogen and oxygen atoms in total. The molecular weight excluding hydrogens is 271 g/mol. The Labute approximate surface area is 110 Å². The highest BCUT2D eigenvalue weighted by molar-refractivity contribution is 8.16. The number of benzene rings is 1. The van der Waals surface area contributed by atoms with Gasteiger partial charge in [0.15, 0.2) is 4.75 Å². The summed E-state index contributed by atoms with van der Waals surface area (Å²) in [6.07, 6.45) is 0.0713. The van der Waals surface area contributed by atoms with E-state index in [0.717, 1.165) is 17.7 Å². The molecule has 6 heteroatoms. The van der Waals surface area contributed by atoms with Crippen molar-refractivity contribution in [3.05, 3.63) is 41.4 Å². The predicted octanol–water partition coefficient (Wildman–Crippen LogP) is 2.68. The fourth-order valence-corrected chi connectivity index (χ4v) is 4.23. The number of thiazole rings is 1. The van der Waals surface area contributed by atoms with Crippen LogP contribution in [0, 0.1) is 0 Å².